The molecule has 2 saturated heterocycles. The van der Waals surface area contributed by atoms with Crippen molar-refractivity contribution in [2.45, 2.75) is 63.7 Å². The maximum Gasteiger partial charge on any atom is 0.227 e. The van der Waals surface area contributed by atoms with Gasteiger partial charge in [0.15, 0.2) is 5.82 Å². The molecular weight excluding hydrogens is 470 g/mol. The van der Waals surface area contributed by atoms with Gasteiger partial charge in [0, 0.05) is 57.8 Å². The molecule has 2 atom stereocenters. The van der Waals surface area contributed by atoms with Crippen molar-refractivity contribution < 1.29 is 9.84 Å². The lowest BCUT2D eigenvalue weighted by molar-refractivity contribution is -0.0256. The normalized spacial score (nSPS) is 20.2. The molecular formula is C26H35N9O2. The Morgan fingerprint density at radius 1 is 1.24 bits per heavy atom. The molecule has 0 aromatic carbocycles. The Balaban J connectivity index is 1.37. The van der Waals surface area contributed by atoms with Gasteiger partial charge in [-0.3, -0.25) is 4.68 Å². The quantitative estimate of drug-likeness (QED) is 0.470. The van der Waals surface area contributed by atoms with Gasteiger partial charge in [0.25, 0.3) is 0 Å². The van der Waals surface area contributed by atoms with E-state index in [2.05, 4.69) is 49.7 Å². The minimum Gasteiger partial charge on any atom is -0.391 e. The lowest BCUT2D eigenvalue weighted by Crippen LogP contribution is -2.46. The first kappa shape index (κ1) is 25.2. The van der Waals surface area contributed by atoms with Gasteiger partial charge in [-0.15, -0.1) is 0 Å². The number of aliphatic hydroxyl groups excluding tert-OH is 1. The van der Waals surface area contributed by atoms with E-state index >= 15 is 0 Å². The lowest BCUT2D eigenvalue weighted by Gasteiger charge is -2.39. The molecule has 0 saturated carbocycles. The predicted octanol–water partition coefficient (Wildman–Crippen LogP) is 3.41. The van der Waals surface area contributed by atoms with Gasteiger partial charge in [0.05, 0.1) is 35.1 Å². The number of hydrogen-bond acceptors (Lipinski definition) is 10. The number of fused-ring (bicyclic) bond motifs is 1. The van der Waals surface area contributed by atoms with E-state index < -0.39 is 0 Å². The number of β-amino-alcohol motifs (C(OH)–C–C–N with tert-alkyl or cyclic N) is 1. The highest BCUT2D eigenvalue weighted by atomic mass is 16.5. The fraction of sp³-hybridized carbons (Fsp3) is 0.577. The Bertz CT molecular complexity index is 1280. The summed E-state index contributed by atoms with van der Waals surface area (Å²) < 4.78 is 7.74. The van der Waals surface area contributed by atoms with E-state index in [-0.39, 0.29) is 17.7 Å². The van der Waals surface area contributed by atoms with Crippen molar-refractivity contribution in [3.63, 3.8) is 0 Å². The van der Waals surface area contributed by atoms with Crippen molar-refractivity contribution in [2.24, 2.45) is 0 Å². The largest absolute Gasteiger partial charge is 0.391 e. The van der Waals surface area contributed by atoms with Crippen molar-refractivity contribution in [2.75, 3.05) is 48.4 Å². The third-order valence-corrected chi connectivity index (χ3v) is 7.73. The summed E-state index contributed by atoms with van der Waals surface area (Å²) in [5.41, 5.74) is 0.618. The van der Waals surface area contributed by atoms with E-state index in [1.165, 1.54) is 0 Å². The zero-order valence-corrected chi connectivity index (χ0v) is 21.8. The Labute approximate surface area is 217 Å². The Morgan fingerprint density at radius 3 is 2.73 bits per heavy atom. The second kappa shape index (κ2) is 10.5. The number of ether oxygens (including phenoxy) is 1. The van der Waals surface area contributed by atoms with Crippen molar-refractivity contribution in [3.8, 4) is 6.07 Å². The van der Waals surface area contributed by atoms with Gasteiger partial charge in [-0.2, -0.15) is 15.3 Å². The average Bonchev–Trinajstić information content (AvgIpc) is 3.52. The zero-order chi connectivity index (χ0) is 26.0. The van der Waals surface area contributed by atoms with Crippen LogP contribution in [0.1, 0.15) is 52.0 Å². The molecule has 2 fully saturated rings. The number of methoxy groups -OCH3 is 1. The number of rotatable bonds is 8. The fourth-order valence-electron chi connectivity index (χ4n) is 5.17. The van der Waals surface area contributed by atoms with E-state index in [9.17, 15) is 5.11 Å². The van der Waals surface area contributed by atoms with Crippen LogP contribution in [-0.4, -0.2) is 74.8 Å². The lowest BCUT2D eigenvalue weighted by atomic mass is 9.88. The standard InChI is InChI=1S/C26H35N9O2/c1-4-18(2)35-21-15-23(29-16-20(21)24(32-35)34-12-6-19(36)17-34)30-22-5-11-28-25(31-22)33-13-8-26(37-3,7-10-27)9-14-33/h5,11,15-16,18-19,36H,4,6-9,12-14,17H2,1-3H3,(H,28,29,30,31)/t18?,19-/m1/s1. The van der Waals surface area contributed by atoms with Crippen LogP contribution >= 0.6 is 0 Å². The summed E-state index contributed by atoms with van der Waals surface area (Å²) in [6.45, 7) is 7.14. The van der Waals surface area contributed by atoms with E-state index in [1.54, 1.807) is 13.3 Å². The molecule has 0 amide bonds. The second-order valence-corrected chi connectivity index (χ2v) is 10.1. The van der Waals surface area contributed by atoms with Crippen LogP contribution in [0.25, 0.3) is 10.9 Å². The highest BCUT2D eigenvalue weighted by Crippen LogP contribution is 2.33. The highest BCUT2D eigenvalue weighted by Gasteiger charge is 2.35. The maximum atomic E-state index is 10.0. The topological polar surface area (TPSA) is 128 Å². The van der Waals surface area contributed by atoms with E-state index in [4.69, 9.17) is 20.1 Å². The summed E-state index contributed by atoms with van der Waals surface area (Å²) in [5.74, 6) is 2.87. The fourth-order valence-corrected chi connectivity index (χ4v) is 5.17. The molecule has 196 valence electrons. The van der Waals surface area contributed by atoms with Crippen LogP contribution < -0.4 is 15.1 Å². The number of nitrogens with one attached hydrogen (secondary N) is 1. The van der Waals surface area contributed by atoms with Gasteiger partial charge in [-0.05, 0) is 38.7 Å². The van der Waals surface area contributed by atoms with Crippen LogP contribution in [0.3, 0.4) is 0 Å². The first-order valence-electron chi connectivity index (χ1n) is 13.0. The Morgan fingerprint density at radius 2 is 2.05 bits per heavy atom. The molecule has 3 aromatic heterocycles. The van der Waals surface area contributed by atoms with Gasteiger partial charge < -0.3 is 25.0 Å². The van der Waals surface area contributed by atoms with E-state index in [1.807, 2.05) is 18.3 Å². The number of nitrogens with zero attached hydrogens (tertiary/aromatic N) is 8. The molecule has 2 aliphatic heterocycles. The zero-order valence-electron chi connectivity index (χ0n) is 21.8. The van der Waals surface area contributed by atoms with Crippen LogP contribution in [0.15, 0.2) is 24.5 Å². The van der Waals surface area contributed by atoms with Crippen molar-refractivity contribution >= 4 is 34.3 Å². The van der Waals surface area contributed by atoms with Crippen LogP contribution in [0.5, 0.6) is 0 Å². The second-order valence-electron chi connectivity index (χ2n) is 10.1. The molecule has 0 radical (unpaired) electrons. The molecule has 1 unspecified atom stereocenters. The molecule has 0 aliphatic carbocycles. The number of anilines is 4. The molecule has 2 N–H and O–H groups in total. The number of nitriles is 1. The van der Waals surface area contributed by atoms with Crippen molar-refractivity contribution in [1.29, 1.82) is 5.26 Å². The first-order valence-corrected chi connectivity index (χ1v) is 13.0. The SMILES string of the molecule is CCC(C)n1nc(N2CC[C@@H](O)C2)c2cnc(Nc3ccnc(N4CCC(CC#N)(OC)CC4)n3)cc21. The van der Waals surface area contributed by atoms with E-state index in [0.717, 1.165) is 62.0 Å². The summed E-state index contributed by atoms with van der Waals surface area (Å²) in [6, 6.07) is 6.33. The van der Waals surface area contributed by atoms with Gasteiger partial charge in [-0.1, -0.05) is 6.92 Å². The smallest absolute Gasteiger partial charge is 0.227 e. The number of hydrogen-bond donors (Lipinski definition) is 2. The number of aliphatic hydroxyl groups is 1. The molecule has 2 aliphatic rings. The highest BCUT2D eigenvalue weighted by molar-refractivity contribution is 5.92. The van der Waals surface area contributed by atoms with Crippen LogP contribution in [0.2, 0.25) is 0 Å². The summed E-state index contributed by atoms with van der Waals surface area (Å²) in [4.78, 5) is 18.2. The average molecular weight is 506 g/mol. The summed E-state index contributed by atoms with van der Waals surface area (Å²) >= 11 is 0. The molecule has 0 bridgehead atoms. The van der Waals surface area contributed by atoms with Crippen molar-refractivity contribution in [3.05, 3.63) is 24.5 Å². The molecule has 11 heteroatoms. The third kappa shape index (κ3) is 5.04. The minimum absolute atomic E-state index is 0.226. The van der Waals surface area contributed by atoms with Crippen LogP contribution in [-0.2, 0) is 4.74 Å². The number of aromatic nitrogens is 5. The van der Waals surface area contributed by atoms with Crippen LogP contribution in [0, 0.1) is 11.3 Å². The Hall–Kier alpha value is -3.49. The third-order valence-electron chi connectivity index (χ3n) is 7.73. The van der Waals surface area contributed by atoms with Gasteiger partial charge in [0.2, 0.25) is 5.95 Å². The monoisotopic (exact) mass is 505 g/mol. The molecule has 37 heavy (non-hydrogen) atoms. The number of piperidine rings is 1. The molecule has 0 spiro atoms. The number of pyridine rings is 1. The Kier molecular flexibility index (Phi) is 7.13. The molecule has 3 aromatic rings. The molecule has 5 rings (SSSR count). The first-order chi connectivity index (χ1) is 17.9. The molecule has 11 nitrogen and oxygen atoms in total. The van der Waals surface area contributed by atoms with Crippen LogP contribution in [0.4, 0.5) is 23.4 Å². The summed E-state index contributed by atoms with van der Waals surface area (Å²) in [7, 11) is 1.68. The predicted molar refractivity (Wildman–Crippen MR) is 142 cm³/mol. The maximum absolute atomic E-state index is 10.0. The minimum atomic E-state index is -0.384. The summed E-state index contributed by atoms with van der Waals surface area (Å²) in [6.07, 6.45) is 6.89. The van der Waals surface area contributed by atoms with E-state index in [0.29, 0.717) is 30.5 Å². The summed E-state index contributed by atoms with van der Waals surface area (Å²) in [5, 5.41) is 28.5. The van der Waals surface area contributed by atoms with Gasteiger partial charge >= 0.3 is 0 Å². The van der Waals surface area contributed by atoms with Crippen molar-refractivity contribution in [1.82, 2.24) is 24.7 Å². The van der Waals surface area contributed by atoms with Gasteiger partial charge in [-0.25, -0.2) is 9.97 Å². The van der Waals surface area contributed by atoms with Gasteiger partial charge in [0.1, 0.15) is 11.6 Å². The molecule has 5 heterocycles.